The molecule has 1 aliphatic heterocycles. The number of rotatable bonds is 7. The number of aliphatic hydroxyl groups is 1. The molecule has 1 aliphatic carbocycles. The van der Waals surface area contributed by atoms with Gasteiger partial charge in [-0.2, -0.15) is 0 Å². The van der Waals surface area contributed by atoms with E-state index >= 15 is 0 Å². The van der Waals surface area contributed by atoms with E-state index in [1.165, 1.54) is 0 Å². The molecule has 0 radical (unpaired) electrons. The maximum Gasteiger partial charge on any atom is 0.469 e. The highest BCUT2D eigenvalue weighted by Crippen LogP contribution is 2.42. The second-order valence-corrected chi connectivity index (χ2v) is 7.72. The van der Waals surface area contributed by atoms with Crippen molar-refractivity contribution in [1.29, 1.82) is 0 Å². The topological polar surface area (TPSA) is 146 Å². The first-order valence-electron chi connectivity index (χ1n) is 8.53. The van der Waals surface area contributed by atoms with E-state index in [4.69, 9.17) is 14.6 Å². The van der Waals surface area contributed by atoms with Gasteiger partial charge in [-0.3, -0.25) is 9.32 Å². The molecule has 27 heavy (non-hydrogen) atoms. The zero-order valence-corrected chi connectivity index (χ0v) is 15.2. The van der Waals surface area contributed by atoms with E-state index in [9.17, 15) is 19.3 Å². The Kier molecular flexibility index (Phi) is 5.83. The molecule has 1 aromatic carbocycles. The van der Waals surface area contributed by atoms with Gasteiger partial charge in [0.05, 0.1) is 12.6 Å². The first-order chi connectivity index (χ1) is 12.7. The third-order valence-electron chi connectivity index (χ3n) is 4.61. The quantitative estimate of drug-likeness (QED) is 0.396. The lowest BCUT2D eigenvalue weighted by atomic mass is 9.93. The molecule has 3 atom stereocenters. The summed E-state index contributed by atoms with van der Waals surface area (Å²) in [5.74, 6) is -0.585. The van der Waals surface area contributed by atoms with E-state index in [2.05, 4.69) is 9.84 Å². The summed E-state index contributed by atoms with van der Waals surface area (Å²) >= 11 is 0. The Bertz CT molecular complexity index is 767. The molecule has 1 heterocycles. The van der Waals surface area contributed by atoms with E-state index in [0.717, 1.165) is 11.1 Å². The first kappa shape index (κ1) is 19.8. The van der Waals surface area contributed by atoms with Gasteiger partial charge >= 0.3 is 13.9 Å². The van der Waals surface area contributed by atoms with E-state index in [0.29, 0.717) is 17.9 Å². The molecule has 4 N–H and O–H groups in total. The van der Waals surface area contributed by atoms with Crippen LogP contribution >= 0.6 is 7.82 Å². The lowest BCUT2D eigenvalue weighted by Crippen LogP contribution is -2.40. The number of nitrogens with zero attached hydrogens (tertiary/aromatic N) is 1. The highest BCUT2D eigenvalue weighted by atomic mass is 31.2. The molecule has 1 fully saturated rings. The minimum Gasteiger partial charge on any atom is -0.370 e. The smallest absolute Gasteiger partial charge is 0.370 e. The molecule has 11 heteroatoms. The van der Waals surface area contributed by atoms with Crippen molar-refractivity contribution in [2.24, 2.45) is 0 Å². The second-order valence-electron chi connectivity index (χ2n) is 6.48. The van der Waals surface area contributed by atoms with Crippen molar-refractivity contribution >= 4 is 19.8 Å². The lowest BCUT2D eigenvalue weighted by Gasteiger charge is -2.24. The second kappa shape index (κ2) is 7.95. The lowest BCUT2D eigenvalue weighted by molar-refractivity contribution is -0.190. The standard InChI is InChI=1S/C16H21N2O8P/c19-13-6-7-14(20)18(13)26-16(21)17-15-11-4-1-3-10(9-11)12(15)5-2-8-25-27(22,23)24/h1,3-4,9,12-13,15,19H,2,5-8H2,(H,17,21)(H2,22,23,24). The molecule has 148 valence electrons. The molecule has 2 bridgehead atoms. The SMILES string of the molecule is O=C(NC1c2cccc(c2)C1CCCOP(=O)(O)O)ON1C(=O)CCC1O. The third kappa shape index (κ3) is 4.85. The summed E-state index contributed by atoms with van der Waals surface area (Å²) in [6.45, 7) is -0.109. The summed E-state index contributed by atoms with van der Waals surface area (Å²) in [5.41, 5.74) is 1.84. The molecular formula is C16H21N2O8P. The van der Waals surface area contributed by atoms with Crippen molar-refractivity contribution in [2.45, 2.75) is 43.9 Å². The van der Waals surface area contributed by atoms with Crippen molar-refractivity contribution < 1.29 is 38.4 Å². The Morgan fingerprint density at radius 2 is 2.07 bits per heavy atom. The molecular weight excluding hydrogens is 379 g/mol. The minimum absolute atomic E-state index is 0.109. The van der Waals surface area contributed by atoms with Crippen LogP contribution < -0.4 is 5.32 Å². The summed E-state index contributed by atoms with van der Waals surface area (Å²) in [4.78, 5) is 46.2. The fourth-order valence-corrected chi connectivity index (χ4v) is 3.78. The highest BCUT2D eigenvalue weighted by molar-refractivity contribution is 7.46. The van der Waals surface area contributed by atoms with Gasteiger partial charge in [-0.1, -0.05) is 24.3 Å². The molecule has 10 nitrogen and oxygen atoms in total. The number of hydrogen-bond donors (Lipinski definition) is 4. The van der Waals surface area contributed by atoms with E-state index < -0.39 is 32.1 Å². The molecule has 0 saturated carbocycles. The van der Waals surface area contributed by atoms with Gasteiger partial charge in [-0.25, -0.2) is 9.36 Å². The average Bonchev–Trinajstić information content (AvgIpc) is 3.02. The summed E-state index contributed by atoms with van der Waals surface area (Å²) < 4.78 is 15.2. The molecule has 1 aromatic rings. The van der Waals surface area contributed by atoms with Gasteiger partial charge in [0.2, 0.25) is 0 Å². The zero-order chi connectivity index (χ0) is 19.6. The van der Waals surface area contributed by atoms with E-state index in [-0.39, 0.29) is 25.4 Å². The van der Waals surface area contributed by atoms with Crippen LogP contribution in [0.5, 0.6) is 0 Å². The predicted molar refractivity (Wildman–Crippen MR) is 90.9 cm³/mol. The molecule has 2 amide bonds. The van der Waals surface area contributed by atoms with Crippen LogP contribution in [0.25, 0.3) is 0 Å². The Labute approximate surface area is 155 Å². The fourth-order valence-electron chi connectivity index (χ4n) is 3.41. The predicted octanol–water partition coefficient (Wildman–Crippen LogP) is 1.30. The van der Waals surface area contributed by atoms with Crippen LogP contribution in [0.4, 0.5) is 4.79 Å². The number of hydrogen-bond acceptors (Lipinski definition) is 6. The maximum absolute atomic E-state index is 12.2. The minimum atomic E-state index is -4.51. The van der Waals surface area contributed by atoms with Crippen LogP contribution in [-0.2, 0) is 18.7 Å². The van der Waals surface area contributed by atoms with Crippen LogP contribution in [-0.4, -0.2) is 44.8 Å². The molecule has 2 aliphatic rings. The van der Waals surface area contributed by atoms with Gasteiger partial charge in [0, 0.05) is 18.8 Å². The normalized spacial score (nSPS) is 24.3. The number of aliphatic hydroxyl groups excluding tert-OH is 1. The molecule has 1 saturated heterocycles. The van der Waals surface area contributed by atoms with Crippen molar-refractivity contribution in [3.05, 3.63) is 35.4 Å². The van der Waals surface area contributed by atoms with Gasteiger partial charge in [0.1, 0.15) is 0 Å². The first-order valence-corrected chi connectivity index (χ1v) is 10.1. The monoisotopic (exact) mass is 400 g/mol. The maximum atomic E-state index is 12.2. The number of phosphoric acid groups is 1. The van der Waals surface area contributed by atoms with Crippen molar-refractivity contribution in [3.63, 3.8) is 0 Å². The molecule has 3 rings (SSSR count). The van der Waals surface area contributed by atoms with Crippen LogP contribution in [0.15, 0.2) is 24.3 Å². The highest BCUT2D eigenvalue weighted by Gasteiger charge is 2.36. The average molecular weight is 400 g/mol. The van der Waals surface area contributed by atoms with Crippen LogP contribution in [0, 0.1) is 0 Å². The molecule has 0 spiro atoms. The van der Waals surface area contributed by atoms with E-state index in [1.807, 2.05) is 24.3 Å². The van der Waals surface area contributed by atoms with Crippen molar-refractivity contribution in [3.8, 4) is 0 Å². The Balaban J connectivity index is 1.59. The number of carbonyl (C=O) groups excluding carboxylic acids is 2. The number of hydroxylamine groups is 2. The summed E-state index contributed by atoms with van der Waals surface area (Å²) in [6.07, 6.45) is -0.782. The van der Waals surface area contributed by atoms with Crippen LogP contribution in [0.3, 0.4) is 0 Å². The van der Waals surface area contributed by atoms with Crippen LogP contribution in [0.1, 0.15) is 48.8 Å². The third-order valence-corrected chi connectivity index (χ3v) is 5.13. The number of benzene rings is 1. The summed E-state index contributed by atoms with van der Waals surface area (Å²) in [6, 6.07) is 7.11. The number of carbonyl (C=O) groups is 2. The molecule has 0 aromatic heterocycles. The van der Waals surface area contributed by atoms with Crippen molar-refractivity contribution in [1.82, 2.24) is 10.4 Å². The molecule has 3 unspecified atom stereocenters. The Morgan fingerprint density at radius 1 is 1.33 bits per heavy atom. The Hall–Kier alpha value is -1.97. The van der Waals surface area contributed by atoms with Gasteiger partial charge in [0.25, 0.3) is 5.91 Å². The summed E-state index contributed by atoms with van der Waals surface area (Å²) in [5, 5.41) is 13.0. The van der Waals surface area contributed by atoms with Crippen LogP contribution in [0.2, 0.25) is 0 Å². The van der Waals surface area contributed by atoms with Gasteiger partial charge in [0.15, 0.2) is 6.23 Å². The summed E-state index contributed by atoms with van der Waals surface area (Å²) in [7, 11) is -4.51. The van der Waals surface area contributed by atoms with Gasteiger partial charge in [-0.05, 0) is 24.0 Å². The Morgan fingerprint density at radius 3 is 2.74 bits per heavy atom. The van der Waals surface area contributed by atoms with E-state index in [1.54, 1.807) is 0 Å². The number of nitrogens with one attached hydrogen (secondary N) is 1. The number of phosphoric ester groups is 1. The number of amides is 2. The van der Waals surface area contributed by atoms with Gasteiger partial charge in [-0.15, -0.1) is 5.06 Å². The fraction of sp³-hybridized carbons (Fsp3) is 0.500. The van der Waals surface area contributed by atoms with Gasteiger partial charge < -0.3 is 25.0 Å². The number of fused-ring (bicyclic) bond motifs is 2. The largest absolute Gasteiger partial charge is 0.469 e. The zero-order valence-electron chi connectivity index (χ0n) is 14.4. The van der Waals surface area contributed by atoms with Crippen molar-refractivity contribution in [2.75, 3.05) is 6.61 Å².